The Morgan fingerprint density at radius 3 is 2.95 bits per heavy atom. The minimum atomic E-state index is -3.44. The van der Waals surface area contributed by atoms with E-state index in [-0.39, 0.29) is 12.1 Å². The maximum Gasteiger partial charge on any atom is 0.250 e. The van der Waals surface area contributed by atoms with Crippen molar-refractivity contribution in [3.05, 3.63) is 17.0 Å². The first-order valence-electron chi connectivity index (χ1n) is 7.40. The van der Waals surface area contributed by atoms with Crippen LogP contribution in [0.25, 0.3) is 0 Å². The Bertz CT molecular complexity index is 542. The van der Waals surface area contributed by atoms with Gasteiger partial charge in [0.25, 0.3) is 0 Å². The van der Waals surface area contributed by atoms with Crippen molar-refractivity contribution >= 4 is 21.4 Å². The lowest BCUT2D eigenvalue weighted by atomic mass is 10.2. The Hall–Kier alpha value is -0.470. The first kappa shape index (κ1) is 16.9. The molecule has 2 rings (SSSR count). The van der Waals surface area contributed by atoms with Crippen molar-refractivity contribution in [1.82, 2.24) is 10.0 Å². The third-order valence-electron chi connectivity index (χ3n) is 3.71. The summed E-state index contributed by atoms with van der Waals surface area (Å²) in [6.07, 6.45) is 3.82. The molecule has 1 aromatic heterocycles. The van der Waals surface area contributed by atoms with Crippen molar-refractivity contribution in [1.29, 1.82) is 0 Å². The summed E-state index contributed by atoms with van der Waals surface area (Å²) in [5, 5.41) is 5.18. The highest BCUT2D eigenvalue weighted by Gasteiger charge is 2.31. The van der Waals surface area contributed by atoms with Gasteiger partial charge in [0.1, 0.15) is 4.21 Å². The number of rotatable bonds is 8. The van der Waals surface area contributed by atoms with E-state index in [1.165, 1.54) is 11.3 Å². The van der Waals surface area contributed by atoms with Gasteiger partial charge in [-0.15, -0.1) is 11.3 Å². The van der Waals surface area contributed by atoms with Gasteiger partial charge in [-0.2, -0.15) is 0 Å². The molecule has 1 aromatic rings. The summed E-state index contributed by atoms with van der Waals surface area (Å²) in [4.78, 5) is 0. The maximum atomic E-state index is 12.4. The van der Waals surface area contributed by atoms with E-state index in [2.05, 4.69) is 17.0 Å². The highest BCUT2D eigenvalue weighted by atomic mass is 32.2. The Kier molecular flexibility index (Phi) is 6.19. The molecule has 0 bridgehead atoms. The number of thiophene rings is 1. The molecule has 21 heavy (non-hydrogen) atoms. The molecule has 0 saturated heterocycles. The zero-order valence-electron chi connectivity index (χ0n) is 12.6. The van der Waals surface area contributed by atoms with Crippen LogP contribution in [0.2, 0.25) is 0 Å². The van der Waals surface area contributed by atoms with Crippen molar-refractivity contribution in [3.8, 4) is 0 Å². The molecule has 0 aliphatic heterocycles. The van der Waals surface area contributed by atoms with Gasteiger partial charge >= 0.3 is 0 Å². The van der Waals surface area contributed by atoms with Crippen LogP contribution in [0.5, 0.6) is 0 Å². The zero-order valence-corrected chi connectivity index (χ0v) is 14.2. The number of ether oxygens (including phenoxy) is 1. The summed E-state index contributed by atoms with van der Waals surface area (Å²) in [7, 11) is -1.80. The van der Waals surface area contributed by atoms with Crippen LogP contribution in [0.3, 0.4) is 0 Å². The zero-order chi connectivity index (χ0) is 15.3. The largest absolute Gasteiger partial charge is 0.380 e. The average molecular weight is 332 g/mol. The van der Waals surface area contributed by atoms with Gasteiger partial charge in [-0.1, -0.05) is 6.92 Å². The predicted octanol–water partition coefficient (Wildman–Crippen LogP) is 2.09. The molecule has 1 fully saturated rings. The second-order valence-corrected chi connectivity index (χ2v) is 8.24. The monoisotopic (exact) mass is 332 g/mol. The van der Waals surface area contributed by atoms with Gasteiger partial charge < -0.3 is 10.1 Å². The van der Waals surface area contributed by atoms with Crippen molar-refractivity contribution in [2.45, 2.75) is 55.5 Å². The lowest BCUT2D eigenvalue weighted by Crippen LogP contribution is -2.40. The Labute approximate surface area is 131 Å². The summed E-state index contributed by atoms with van der Waals surface area (Å²) < 4.78 is 33.4. The first-order chi connectivity index (χ1) is 10.1. The van der Waals surface area contributed by atoms with Crippen LogP contribution in [0, 0.1) is 0 Å². The topological polar surface area (TPSA) is 67.4 Å². The minimum absolute atomic E-state index is 0.00886. The number of hydrogen-bond acceptors (Lipinski definition) is 5. The van der Waals surface area contributed by atoms with Crippen LogP contribution in [0.4, 0.5) is 0 Å². The fraction of sp³-hybridized carbons (Fsp3) is 0.714. The average Bonchev–Trinajstić information content (AvgIpc) is 3.08. The molecule has 7 heteroatoms. The van der Waals surface area contributed by atoms with Crippen molar-refractivity contribution in [3.63, 3.8) is 0 Å². The smallest absolute Gasteiger partial charge is 0.250 e. The molecular formula is C14H24N2O3S2. The molecule has 0 radical (unpaired) electrons. The lowest BCUT2D eigenvalue weighted by molar-refractivity contribution is 0.0916. The molecule has 2 N–H and O–H groups in total. The molecule has 2 unspecified atom stereocenters. The maximum absolute atomic E-state index is 12.4. The summed E-state index contributed by atoms with van der Waals surface area (Å²) in [5.41, 5.74) is 1.02. The van der Waals surface area contributed by atoms with Crippen molar-refractivity contribution in [2.75, 3.05) is 13.7 Å². The summed E-state index contributed by atoms with van der Waals surface area (Å²) in [6.45, 7) is 3.76. The van der Waals surface area contributed by atoms with E-state index in [4.69, 9.17) is 4.74 Å². The van der Waals surface area contributed by atoms with E-state index in [0.717, 1.165) is 37.8 Å². The predicted molar refractivity (Wildman–Crippen MR) is 85.1 cm³/mol. The van der Waals surface area contributed by atoms with E-state index in [0.29, 0.717) is 10.8 Å². The SMILES string of the molecule is CCCNCc1csc(S(=O)(=O)NC2CCCC2OC)c1. The molecule has 1 heterocycles. The minimum Gasteiger partial charge on any atom is -0.380 e. The standard InChI is InChI=1S/C14H24N2O3S2/c1-3-7-15-9-11-8-14(20-10-11)21(17,18)16-12-5-4-6-13(12)19-2/h8,10,12-13,15-16H,3-7,9H2,1-2H3. The van der Waals surface area contributed by atoms with Crippen LogP contribution in [-0.4, -0.2) is 34.2 Å². The van der Waals surface area contributed by atoms with Crippen LogP contribution in [0.15, 0.2) is 15.7 Å². The summed E-state index contributed by atoms with van der Waals surface area (Å²) >= 11 is 1.28. The van der Waals surface area contributed by atoms with Gasteiger partial charge in [-0.25, -0.2) is 13.1 Å². The van der Waals surface area contributed by atoms with E-state index in [1.54, 1.807) is 13.2 Å². The van der Waals surface area contributed by atoms with Gasteiger partial charge in [0.2, 0.25) is 10.0 Å². The van der Waals surface area contributed by atoms with E-state index >= 15 is 0 Å². The number of sulfonamides is 1. The van der Waals surface area contributed by atoms with Gasteiger partial charge in [-0.3, -0.25) is 0 Å². The number of nitrogens with one attached hydrogen (secondary N) is 2. The quantitative estimate of drug-likeness (QED) is 0.715. The summed E-state index contributed by atoms with van der Waals surface area (Å²) in [5.74, 6) is 0. The first-order valence-corrected chi connectivity index (χ1v) is 9.76. The molecule has 0 amide bonds. The van der Waals surface area contributed by atoms with Crippen LogP contribution in [-0.2, 0) is 21.3 Å². The second-order valence-electron chi connectivity index (χ2n) is 5.38. The Morgan fingerprint density at radius 1 is 1.43 bits per heavy atom. The van der Waals surface area contributed by atoms with Crippen molar-refractivity contribution in [2.24, 2.45) is 0 Å². The van der Waals surface area contributed by atoms with Gasteiger partial charge in [0.15, 0.2) is 0 Å². The van der Waals surface area contributed by atoms with E-state index < -0.39 is 10.0 Å². The Morgan fingerprint density at radius 2 is 2.24 bits per heavy atom. The number of methoxy groups -OCH3 is 1. The third-order valence-corrected chi connectivity index (χ3v) is 6.69. The molecule has 2 atom stereocenters. The fourth-order valence-corrected chi connectivity index (χ4v) is 5.12. The Balaban J connectivity index is 1.99. The van der Waals surface area contributed by atoms with E-state index in [9.17, 15) is 8.42 Å². The molecule has 120 valence electrons. The van der Waals surface area contributed by atoms with Gasteiger partial charge in [0.05, 0.1) is 6.10 Å². The molecule has 5 nitrogen and oxygen atoms in total. The molecule has 1 aliphatic rings. The van der Waals surface area contributed by atoms with Gasteiger partial charge in [0, 0.05) is 19.7 Å². The van der Waals surface area contributed by atoms with Gasteiger partial charge in [-0.05, 0) is 49.2 Å². The van der Waals surface area contributed by atoms with Crippen LogP contribution in [0.1, 0.15) is 38.2 Å². The lowest BCUT2D eigenvalue weighted by Gasteiger charge is -2.18. The molecule has 0 aromatic carbocycles. The van der Waals surface area contributed by atoms with Crippen LogP contribution < -0.4 is 10.0 Å². The molecule has 1 saturated carbocycles. The highest BCUT2D eigenvalue weighted by Crippen LogP contribution is 2.25. The molecule has 1 aliphatic carbocycles. The van der Waals surface area contributed by atoms with Crippen LogP contribution >= 0.6 is 11.3 Å². The van der Waals surface area contributed by atoms with Crippen molar-refractivity contribution < 1.29 is 13.2 Å². The molecule has 0 spiro atoms. The molecular weight excluding hydrogens is 308 g/mol. The normalized spacial score (nSPS) is 22.8. The van der Waals surface area contributed by atoms with E-state index in [1.807, 2.05) is 5.38 Å². The summed E-state index contributed by atoms with van der Waals surface area (Å²) in [6, 6.07) is 1.65. The fourth-order valence-electron chi connectivity index (χ4n) is 2.60. The number of hydrogen-bond donors (Lipinski definition) is 2. The third kappa shape index (κ3) is 4.50. The highest BCUT2D eigenvalue weighted by molar-refractivity contribution is 7.91. The second kappa shape index (κ2) is 7.69.